The Kier molecular flexibility index (Phi) is 5.69. The van der Waals surface area contributed by atoms with E-state index in [4.69, 9.17) is 23.2 Å². The zero-order valence-electron chi connectivity index (χ0n) is 11.2. The second-order valence-corrected chi connectivity index (χ2v) is 6.59. The lowest BCUT2D eigenvalue weighted by atomic mass is 10.0. The summed E-state index contributed by atoms with van der Waals surface area (Å²) in [6, 6.07) is 3.04. The van der Waals surface area contributed by atoms with Gasteiger partial charge in [-0.15, -0.1) is 0 Å². The van der Waals surface area contributed by atoms with Gasteiger partial charge in [0.15, 0.2) is 0 Å². The molecule has 1 N–H and O–H groups in total. The van der Waals surface area contributed by atoms with Crippen molar-refractivity contribution in [3.63, 3.8) is 0 Å². The summed E-state index contributed by atoms with van der Waals surface area (Å²) < 4.78 is 0.554. The summed E-state index contributed by atoms with van der Waals surface area (Å²) in [5.74, 6) is -1.48. The molecule has 0 aliphatic rings. The average molecular weight is 430 g/mol. The fourth-order valence-electron chi connectivity index (χ4n) is 1.77. The zero-order valence-corrected chi connectivity index (χ0v) is 14.9. The molecule has 1 aromatic carbocycles. The second kappa shape index (κ2) is 6.49. The molecule has 20 heavy (non-hydrogen) atoms. The van der Waals surface area contributed by atoms with Gasteiger partial charge in [0.05, 0.1) is 10.6 Å². The number of rotatable bonds is 4. The molecule has 0 radical (unpaired) electrons. The molecule has 0 atom stereocenters. The molecular formula is C13H14Cl2INO3. The van der Waals surface area contributed by atoms with Gasteiger partial charge >= 0.3 is 5.97 Å². The van der Waals surface area contributed by atoms with Crippen molar-refractivity contribution in [2.24, 2.45) is 0 Å². The van der Waals surface area contributed by atoms with E-state index in [1.165, 1.54) is 24.8 Å². The van der Waals surface area contributed by atoms with Gasteiger partial charge in [-0.2, -0.15) is 0 Å². The standard InChI is InChI=1S/C13H14Cl2INO3/c1-4-17(13(2,3)12(19)20)11(18)8-5-7(14)6-9(15)10(8)16/h5-6H,4H2,1-3H3,(H,19,20). The summed E-state index contributed by atoms with van der Waals surface area (Å²) in [6.07, 6.45) is 0. The first kappa shape index (κ1) is 17.5. The number of carboxylic acids is 1. The van der Waals surface area contributed by atoms with Gasteiger partial charge in [0.25, 0.3) is 5.91 Å². The number of carboxylic acid groups (broad SMARTS) is 1. The highest BCUT2D eigenvalue weighted by atomic mass is 127. The van der Waals surface area contributed by atoms with E-state index in [-0.39, 0.29) is 6.54 Å². The highest BCUT2D eigenvalue weighted by Crippen LogP contribution is 2.29. The van der Waals surface area contributed by atoms with E-state index >= 15 is 0 Å². The molecule has 4 nitrogen and oxygen atoms in total. The molecule has 0 spiro atoms. The monoisotopic (exact) mass is 429 g/mol. The van der Waals surface area contributed by atoms with E-state index in [2.05, 4.69) is 0 Å². The predicted molar refractivity (Wildman–Crippen MR) is 87.6 cm³/mol. The molecule has 7 heteroatoms. The molecule has 1 aromatic rings. The van der Waals surface area contributed by atoms with E-state index in [1.54, 1.807) is 13.0 Å². The summed E-state index contributed by atoms with van der Waals surface area (Å²) in [6.45, 7) is 4.95. The molecular weight excluding hydrogens is 416 g/mol. The molecule has 0 aliphatic heterocycles. The molecule has 110 valence electrons. The zero-order chi connectivity index (χ0) is 15.7. The molecule has 0 saturated heterocycles. The third-order valence-corrected chi connectivity index (χ3v) is 4.98. The lowest BCUT2D eigenvalue weighted by Crippen LogP contribution is -2.53. The van der Waals surface area contributed by atoms with Crippen LogP contribution in [0.1, 0.15) is 31.1 Å². The summed E-state index contributed by atoms with van der Waals surface area (Å²) in [4.78, 5) is 25.2. The number of amides is 1. The Hall–Kier alpha value is -0.530. The van der Waals surface area contributed by atoms with Gasteiger partial charge in [-0.3, -0.25) is 4.79 Å². The number of aliphatic carboxylic acids is 1. The van der Waals surface area contributed by atoms with Crippen molar-refractivity contribution in [1.82, 2.24) is 4.90 Å². The Labute approximate surface area is 141 Å². The van der Waals surface area contributed by atoms with Crippen LogP contribution in [0, 0.1) is 3.57 Å². The first-order valence-electron chi connectivity index (χ1n) is 5.82. The molecule has 0 bridgehead atoms. The third-order valence-electron chi connectivity index (χ3n) is 2.98. The minimum absolute atomic E-state index is 0.262. The molecule has 0 fully saturated rings. The maximum absolute atomic E-state index is 12.6. The number of carbonyl (C=O) groups excluding carboxylic acids is 1. The molecule has 0 aliphatic carbocycles. The van der Waals surface area contributed by atoms with Crippen LogP contribution in [0.15, 0.2) is 12.1 Å². The van der Waals surface area contributed by atoms with Crippen LogP contribution in [0.25, 0.3) is 0 Å². The third kappa shape index (κ3) is 3.38. The van der Waals surface area contributed by atoms with E-state index < -0.39 is 17.4 Å². The molecule has 1 rings (SSSR count). The van der Waals surface area contributed by atoms with Crippen molar-refractivity contribution in [2.75, 3.05) is 6.54 Å². The van der Waals surface area contributed by atoms with Gasteiger partial charge in [-0.25, -0.2) is 4.79 Å². The SMILES string of the molecule is CCN(C(=O)c1cc(Cl)cc(Cl)c1I)C(C)(C)C(=O)O. The van der Waals surface area contributed by atoms with Gasteiger partial charge in [-0.1, -0.05) is 23.2 Å². The minimum atomic E-state index is -1.32. The lowest BCUT2D eigenvalue weighted by molar-refractivity contribution is -0.147. The van der Waals surface area contributed by atoms with Gasteiger partial charge in [-0.05, 0) is 55.5 Å². The topological polar surface area (TPSA) is 57.6 Å². The Morgan fingerprint density at radius 1 is 1.35 bits per heavy atom. The number of hydrogen-bond acceptors (Lipinski definition) is 2. The van der Waals surface area contributed by atoms with Crippen LogP contribution in [0.4, 0.5) is 0 Å². The fraction of sp³-hybridized carbons (Fsp3) is 0.385. The van der Waals surface area contributed by atoms with Crippen LogP contribution in [0.5, 0.6) is 0 Å². The van der Waals surface area contributed by atoms with Crippen molar-refractivity contribution in [3.8, 4) is 0 Å². The largest absolute Gasteiger partial charge is 0.480 e. The van der Waals surface area contributed by atoms with E-state index in [9.17, 15) is 14.7 Å². The van der Waals surface area contributed by atoms with Gasteiger partial charge in [0.1, 0.15) is 5.54 Å². The van der Waals surface area contributed by atoms with Crippen molar-refractivity contribution >= 4 is 57.7 Å². The number of likely N-dealkylation sites (N-methyl/N-ethyl adjacent to an activating group) is 1. The van der Waals surface area contributed by atoms with Crippen molar-refractivity contribution in [1.29, 1.82) is 0 Å². The fourth-order valence-corrected chi connectivity index (χ4v) is 2.80. The Bertz CT molecular complexity index is 561. The van der Waals surface area contributed by atoms with Crippen molar-refractivity contribution in [3.05, 3.63) is 31.3 Å². The highest BCUT2D eigenvalue weighted by molar-refractivity contribution is 14.1. The molecule has 0 saturated carbocycles. The van der Waals surface area contributed by atoms with Crippen LogP contribution >= 0.6 is 45.8 Å². The van der Waals surface area contributed by atoms with Crippen LogP contribution in [-0.4, -0.2) is 34.0 Å². The van der Waals surface area contributed by atoms with E-state index in [0.717, 1.165) is 0 Å². The van der Waals surface area contributed by atoms with E-state index in [0.29, 0.717) is 19.2 Å². The maximum Gasteiger partial charge on any atom is 0.329 e. The number of halogens is 3. The Balaban J connectivity index is 3.33. The van der Waals surface area contributed by atoms with Gasteiger partial charge in [0, 0.05) is 15.1 Å². The minimum Gasteiger partial charge on any atom is -0.480 e. The Morgan fingerprint density at radius 2 is 1.90 bits per heavy atom. The van der Waals surface area contributed by atoms with E-state index in [1.807, 2.05) is 22.6 Å². The lowest BCUT2D eigenvalue weighted by Gasteiger charge is -2.34. The first-order valence-corrected chi connectivity index (χ1v) is 7.66. The van der Waals surface area contributed by atoms with Gasteiger partial charge in [0.2, 0.25) is 0 Å². The van der Waals surface area contributed by atoms with Crippen molar-refractivity contribution < 1.29 is 14.7 Å². The van der Waals surface area contributed by atoms with Gasteiger partial charge < -0.3 is 10.0 Å². The van der Waals surface area contributed by atoms with Crippen molar-refractivity contribution in [2.45, 2.75) is 26.3 Å². The molecule has 1 amide bonds. The first-order chi connectivity index (χ1) is 9.12. The quantitative estimate of drug-likeness (QED) is 0.582. The Morgan fingerprint density at radius 3 is 2.35 bits per heavy atom. The number of benzene rings is 1. The van der Waals surface area contributed by atoms with Crippen LogP contribution in [-0.2, 0) is 4.79 Å². The molecule has 0 unspecified atom stereocenters. The summed E-state index contributed by atoms with van der Waals surface area (Å²) >= 11 is 13.9. The normalized spacial score (nSPS) is 11.3. The molecule has 0 aromatic heterocycles. The molecule has 0 heterocycles. The summed E-state index contributed by atoms with van der Waals surface area (Å²) in [7, 11) is 0. The van der Waals surface area contributed by atoms with Crippen LogP contribution < -0.4 is 0 Å². The smallest absolute Gasteiger partial charge is 0.329 e. The number of hydrogen-bond donors (Lipinski definition) is 1. The maximum atomic E-state index is 12.6. The van der Waals surface area contributed by atoms with Crippen LogP contribution in [0.3, 0.4) is 0 Å². The number of nitrogens with zero attached hydrogens (tertiary/aromatic N) is 1. The predicted octanol–water partition coefficient (Wildman–Crippen LogP) is 3.92. The summed E-state index contributed by atoms with van der Waals surface area (Å²) in [5.41, 5.74) is -1.01. The average Bonchev–Trinajstić information content (AvgIpc) is 2.33. The second-order valence-electron chi connectivity index (χ2n) is 4.66. The van der Waals surface area contributed by atoms with Crippen LogP contribution in [0.2, 0.25) is 10.0 Å². The number of carbonyl (C=O) groups is 2. The summed E-state index contributed by atoms with van der Waals surface area (Å²) in [5, 5.41) is 9.97. The highest BCUT2D eigenvalue weighted by Gasteiger charge is 2.38.